The summed E-state index contributed by atoms with van der Waals surface area (Å²) in [4.78, 5) is 30.1. The van der Waals surface area contributed by atoms with Gasteiger partial charge in [0.05, 0.1) is 19.4 Å². The molecular formula is C22H32N6O3. The van der Waals surface area contributed by atoms with Crippen molar-refractivity contribution >= 4 is 17.5 Å². The molecule has 4 heterocycles. The van der Waals surface area contributed by atoms with Crippen molar-refractivity contribution < 1.29 is 14.3 Å². The number of hydrogen-bond donors (Lipinski definition) is 1. The van der Waals surface area contributed by atoms with E-state index in [2.05, 4.69) is 15.3 Å². The predicted octanol–water partition coefficient (Wildman–Crippen LogP) is 0.895. The standard InChI is InChI=1S/C22H32N6O3/c1-25-6-7-28-22(25)19(14-24-28)21(30)23-13-18-5-4-17(27(18)15-16-2-3-16)12-20(29)26-8-10-31-11-9-26/h6-7,14,16-18H,2-5,8-13,15H2,1H3,(H,23,30)/t17-,18+/m1/s1. The topological polar surface area (TPSA) is 84.1 Å². The Morgan fingerprint density at radius 3 is 2.68 bits per heavy atom. The van der Waals surface area contributed by atoms with Crippen LogP contribution in [0.5, 0.6) is 0 Å². The quantitative estimate of drug-likeness (QED) is 0.708. The molecule has 168 valence electrons. The van der Waals surface area contributed by atoms with Gasteiger partial charge in [-0.05, 0) is 31.6 Å². The summed E-state index contributed by atoms with van der Waals surface area (Å²) < 4.78 is 9.01. The first-order chi connectivity index (χ1) is 15.1. The number of nitrogens with one attached hydrogen (secondary N) is 1. The van der Waals surface area contributed by atoms with E-state index < -0.39 is 0 Å². The molecule has 1 aliphatic carbocycles. The highest BCUT2D eigenvalue weighted by molar-refractivity contribution is 5.99. The summed E-state index contributed by atoms with van der Waals surface area (Å²) in [6.07, 6.45) is 10.5. The molecule has 2 aromatic heterocycles. The number of carbonyl (C=O) groups excluding carboxylic acids is 2. The van der Waals surface area contributed by atoms with E-state index in [1.54, 1.807) is 10.7 Å². The summed E-state index contributed by atoms with van der Waals surface area (Å²) in [6.45, 7) is 4.33. The highest BCUT2D eigenvalue weighted by Crippen LogP contribution is 2.35. The third-order valence-electron chi connectivity index (χ3n) is 6.99. The molecule has 0 bridgehead atoms. The van der Waals surface area contributed by atoms with Gasteiger partial charge in [-0.25, -0.2) is 4.52 Å². The van der Waals surface area contributed by atoms with Crippen molar-refractivity contribution in [2.75, 3.05) is 39.4 Å². The van der Waals surface area contributed by atoms with Gasteiger partial charge in [-0.1, -0.05) is 0 Å². The molecule has 2 saturated heterocycles. The van der Waals surface area contributed by atoms with E-state index in [-0.39, 0.29) is 23.9 Å². The van der Waals surface area contributed by atoms with Gasteiger partial charge in [-0.2, -0.15) is 5.10 Å². The van der Waals surface area contributed by atoms with E-state index in [0.717, 1.165) is 31.0 Å². The van der Waals surface area contributed by atoms with Crippen LogP contribution in [0.25, 0.3) is 5.65 Å². The van der Waals surface area contributed by atoms with Gasteiger partial charge < -0.3 is 19.5 Å². The minimum atomic E-state index is -0.0870. The molecule has 0 spiro atoms. The molecule has 1 N–H and O–H groups in total. The van der Waals surface area contributed by atoms with Crippen LogP contribution in [-0.4, -0.2) is 87.3 Å². The Morgan fingerprint density at radius 1 is 1.13 bits per heavy atom. The molecule has 3 fully saturated rings. The van der Waals surface area contributed by atoms with E-state index in [1.165, 1.54) is 12.8 Å². The first kappa shape index (κ1) is 20.5. The van der Waals surface area contributed by atoms with Crippen molar-refractivity contribution in [2.24, 2.45) is 13.0 Å². The van der Waals surface area contributed by atoms with Crippen LogP contribution in [0.2, 0.25) is 0 Å². The van der Waals surface area contributed by atoms with E-state index in [4.69, 9.17) is 4.74 Å². The summed E-state index contributed by atoms with van der Waals surface area (Å²) >= 11 is 0. The van der Waals surface area contributed by atoms with Crippen LogP contribution in [0.3, 0.4) is 0 Å². The normalized spacial score (nSPS) is 24.7. The van der Waals surface area contributed by atoms with Crippen LogP contribution in [-0.2, 0) is 16.6 Å². The van der Waals surface area contributed by atoms with Gasteiger partial charge in [0.25, 0.3) is 5.91 Å². The number of imidazole rings is 1. The van der Waals surface area contributed by atoms with Crippen molar-refractivity contribution in [2.45, 2.75) is 44.2 Å². The average molecular weight is 429 g/mol. The van der Waals surface area contributed by atoms with Crippen LogP contribution in [0.1, 0.15) is 42.5 Å². The van der Waals surface area contributed by atoms with E-state index in [9.17, 15) is 9.59 Å². The molecule has 3 aliphatic rings. The number of likely N-dealkylation sites (tertiary alicyclic amines) is 1. The Labute approximate surface area is 182 Å². The van der Waals surface area contributed by atoms with Gasteiger partial charge >= 0.3 is 0 Å². The zero-order valence-corrected chi connectivity index (χ0v) is 18.2. The number of carbonyl (C=O) groups is 2. The summed E-state index contributed by atoms with van der Waals surface area (Å²) in [5, 5.41) is 7.40. The Hall–Kier alpha value is -2.39. The molecule has 2 aromatic rings. The lowest BCUT2D eigenvalue weighted by molar-refractivity contribution is -0.136. The predicted molar refractivity (Wildman–Crippen MR) is 115 cm³/mol. The van der Waals surface area contributed by atoms with Gasteiger partial charge in [-0.15, -0.1) is 0 Å². The fraction of sp³-hybridized carbons (Fsp3) is 0.682. The van der Waals surface area contributed by atoms with Crippen molar-refractivity contribution in [3.63, 3.8) is 0 Å². The Morgan fingerprint density at radius 2 is 1.90 bits per heavy atom. The lowest BCUT2D eigenvalue weighted by Gasteiger charge is -2.33. The Bertz CT molecular complexity index is 942. The Balaban J connectivity index is 1.21. The zero-order chi connectivity index (χ0) is 21.4. The lowest BCUT2D eigenvalue weighted by Crippen LogP contribution is -2.47. The summed E-state index contributed by atoms with van der Waals surface area (Å²) in [6, 6.07) is 0.556. The number of fused-ring (bicyclic) bond motifs is 1. The number of amides is 2. The third kappa shape index (κ3) is 4.34. The van der Waals surface area contributed by atoms with Crippen molar-refractivity contribution in [3.05, 3.63) is 24.2 Å². The second kappa shape index (κ2) is 8.63. The van der Waals surface area contributed by atoms with E-state index >= 15 is 0 Å². The van der Waals surface area contributed by atoms with Crippen molar-refractivity contribution in [1.29, 1.82) is 0 Å². The number of morpholine rings is 1. The average Bonchev–Trinajstić information content (AvgIpc) is 3.21. The van der Waals surface area contributed by atoms with Gasteiger partial charge in [0.2, 0.25) is 5.91 Å². The van der Waals surface area contributed by atoms with Gasteiger partial charge in [-0.3, -0.25) is 14.5 Å². The van der Waals surface area contributed by atoms with Gasteiger partial charge in [0, 0.05) is 64.1 Å². The Kier molecular flexibility index (Phi) is 5.71. The van der Waals surface area contributed by atoms with Crippen molar-refractivity contribution in [1.82, 2.24) is 29.3 Å². The van der Waals surface area contributed by atoms with Gasteiger partial charge in [0.15, 0.2) is 0 Å². The zero-order valence-electron chi connectivity index (χ0n) is 18.2. The minimum absolute atomic E-state index is 0.0870. The molecule has 1 saturated carbocycles. The largest absolute Gasteiger partial charge is 0.378 e. The number of rotatable bonds is 7. The second-order valence-electron chi connectivity index (χ2n) is 9.17. The minimum Gasteiger partial charge on any atom is -0.378 e. The molecule has 31 heavy (non-hydrogen) atoms. The summed E-state index contributed by atoms with van der Waals surface area (Å²) in [5.74, 6) is 0.900. The van der Waals surface area contributed by atoms with Gasteiger partial charge in [0.1, 0.15) is 11.2 Å². The molecule has 9 nitrogen and oxygen atoms in total. The van der Waals surface area contributed by atoms with E-state index in [1.807, 2.05) is 28.9 Å². The lowest BCUT2D eigenvalue weighted by atomic mass is 10.1. The number of aryl methyl sites for hydroxylation is 1. The van der Waals surface area contributed by atoms with Crippen LogP contribution in [0.15, 0.2) is 18.6 Å². The smallest absolute Gasteiger partial charge is 0.256 e. The summed E-state index contributed by atoms with van der Waals surface area (Å²) in [5.41, 5.74) is 1.39. The fourth-order valence-electron chi connectivity index (χ4n) is 5.01. The number of hydrogen-bond acceptors (Lipinski definition) is 5. The molecule has 2 atom stereocenters. The number of aromatic nitrogens is 3. The number of ether oxygens (including phenoxy) is 1. The highest BCUT2D eigenvalue weighted by Gasteiger charge is 2.38. The monoisotopic (exact) mass is 428 g/mol. The van der Waals surface area contributed by atoms with Crippen LogP contribution in [0, 0.1) is 5.92 Å². The van der Waals surface area contributed by atoms with Crippen LogP contribution < -0.4 is 5.32 Å². The molecule has 2 aliphatic heterocycles. The highest BCUT2D eigenvalue weighted by atomic mass is 16.5. The fourth-order valence-corrected chi connectivity index (χ4v) is 5.01. The molecule has 5 rings (SSSR count). The molecule has 0 radical (unpaired) electrons. The molecule has 2 amide bonds. The third-order valence-corrected chi connectivity index (χ3v) is 6.99. The first-order valence-electron chi connectivity index (χ1n) is 11.5. The SMILES string of the molecule is Cn1ccn2ncc(C(=O)NC[C@@H]3CC[C@H](CC(=O)N4CCOCC4)N3CC3CC3)c12. The molecule has 9 heteroatoms. The molecular weight excluding hydrogens is 396 g/mol. The molecule has 0 unspecified atom stereocenters. The maximum atomic E-state index is 12.9. The second-order valence-corrected chi connectivity index (χ2v) is 9.17. The maximum Gasteiger partial charge on any atom is 0.256 e. The van der Waals surface area contributed by atoms with E-state index in [0.29, 0.717) is 44.8 Å². The van der Waals surface area contributed by atoms with Crippen molar-refractivity contribution in [3.8, 4) is 0 Å². The molecule has 0 aromatic carbocycles. The van der Waals surface area contributed by atoms with Crippen LogP contribution in [0.4, 0.5) is 0 Å². The first-order valence-corrected chi connectivity index (χ1v) is 11.5. The van der Waals surface area contributed by atoms with Crippen LogP contribution >= 0.6 is 0 Å². The number of nitrogens with zero attached hydrogens (tertiary/aromatic N) is 5. The maximum absolute atomic E-state index is 12.9. The summed E-state index contributed by atoms with van der Waals surface area (Å²) in [7, 11) is 1.91.